The van der Waals surface area contributed by atoms with Crippen LogP contribution in [0.4, 0.5) is 10.1 Å². The minimum atomic E-state index is -0.178. The lowest BCUT2D eigenvalue weighted by atomic mass is 10.0. The number of anilines is 1. The van der Waals surface area contributed by atoms with Crippen molar-refractivity contribution in [3.63, 3.8) is 0 Å². The minimum Gasteiger partial charge on any atom is -0.370 e. The van der Waals surface area contributed by atoms with E-state index in [0.717, 1.165) is 37.2 Å². The molecule has 2 unspecified atom stereocenters. The molecule has 2 N–H and O–H groups in total. The number of benzene rings is 1. The maximum absolute atomic E-state index is 13.4. The van der Waals surface area contributed by atoms with E-state index >= 15 is 0 Å². The maximum Gasteiger partial charge on any atom is 0.123 e. The van der Waals surface area contributed by atoms with Crippen molar-refractivity contribution >= 4 is 5.69 Å². The predicted molar refractivity (Wildman–Crippen MR) is 78.1 cm³/mol. The van der Waals surface area contributed by atoms with Crippen molar-refractivity contribution in [2.45, 2.75) is 31.8 Å². The molecule has 3 nitrogen and oxygen atoms in total. The summed E-state index contributed by atoms with van der Waals surface area (Å²) >= 11 is 0. The van der Waals surface area contributed by atoms with Crippen LogP contribution in [0.3, 0.4) is 0 Å². The summed E-state index contributed by atoms with van der Waals surface area (Å²) in [7, 11) is 4.23. The Balaban J connectivity index is 2.20. The molecule has 1 heterocycles. The largest absolute Gasteiger partial charge is 0.370 e. The van der Waals surface area contributed by atoms with Gasteiger partial charge in [0, 0.05) is 30.9 Å². The Labute approximate surface area is 115 Å². The first-order chi connectivity index (χ1) is 8.97. The molecule has 1 aromatic rings. The van der Waals surface area contributed by atoms with Gasteiger partial charge in [0.2, 0.25) is 0 Å². The molecule has 1 saturated heterocycles. The van der Waals surface area contributed by atoms with Gasteiger partial charge in [-0.1, -0.05) is 0 Å². The van der Waals surface area contributed by atoms with Crippen LogP contribution in [0.2, 0.25) is 0 Å². The quantitative estimate of drug-likeness (QED) is 0.902. The van der Waals surface area contributed by atoms with E-state index in [-0.39, 0.29) is 11.9 Å². The van der Waals surface area contributed by atoms with E-state index in [4.69, 9.17) is 5.73 Å². The summed E-state index contributed by atoms with van der Waals surface area (Å²) in [4.78, 5) is 4.61. The monoisotopic (exact) mass is 265 g/mol. The number of nitrogens with two attached hydrogens (primary N) is 1. The van der Waals surface area contributed by atoms with E-state index < -0.39 is 0 Å². The molecule has 0 radical (unpaired) electrons. The Kier molecular flexibility index (Phi) is 4.42. The summed E-state index contributed by atoms with van der Waals surface area (Å²) in [6, 6.07) is 5.69. The van der Waals surface area contributed by atoms with Crippen LogP contribution in [-0.2, 0) is 6.42 Å². The third kappa shape index (κ3) is 3.45. The number of nitrogens with zero attached hydrogens (tertiary/aromatic N) is 2. The van der Waals surface area contributed by atoms with E-state index in [1.807, 2.05) is 13.0 Å². The fourth-order valence-electron chi connectivity index (χ4n) is 2.76. The van der Waals surface area contributed by atoms with Crippen LogP contribution < -0.4 is 10.6 Å². The zero-order valence-corrected chi connectivity index (χ0v) is 12.1. The molecule has 106 valence electrons. The third-order valence-electron chi connectivity index (χ3n) is 3.82. The normalized spacial score (nSPS) is 21.2. The average Bonchev–Trinajstić information content (AvgIpc) is 2.77. The predicted octanol–water partition coefficient (Wildman–Crippen LogP) is 1.86. The number of hydrogen-bond acceptors (Lipinski definition) is 3. The highest BCUT2D eigenvalue weighted by molar-refractivity contribution is 5.55. The van der Waals surface area contributed by atoms with Crippen molar-refractivity contribution in [1.29, 1.82) is 0 Å². The molecule has 0 saturated carbocycles. The van der Waals surface area contributed by atoms with Gasteiger partial charge in [0.1, 0.15) is 5.82 Å². The van der Waals surface area contributed by atoms with Gasteiger partial charge in [0.15, 0.2) is 0 Å². The van der Waals surface area contributed by atoms with Crippen molar-refractivity contribution in [3.05, 3.63) is 29.6 Å². The van der Waals surface area contributed by atoms with Crippen LogP contribution in [0.5, 0.6) is 0 Å². The molecular weight excluding hydrogens is 241 g/mol. The first-order valence-corrected chi connectivity index (χ1v) is 6.92. The van der Waals surface area contributed by atoms with Crippen LogP contribution in [0.1, 0.15) is 18.9 Å². The van der Waals surface area contributed by atoms with Crippen molar-refractivity contribution in [2.24, 2.45) is 5.73 Å². The van der Waals surface area contributed by atoms with Crippen molar-refractivity contribution in [3.8, 4) is 0 Å². The van der Waals surface area contributed by atoms with Gasteiger partial charge in [0.25, 0.3) is 0 Å². The molecule has 1 aliphatic heterocycles. The summed E-state index contributed by atoms with van der Waals surface area (Å²) in [6.45, 7) is 3.99. The van der Waals surface area contributed by atoms with E-state index in [1.54, 1.807) is 12.1 Å². The standard InChI is InChI=1S/C15H24FN3/c1-11(17)8-12-9-13(16)4-5-15(12)19-7-6-14(10-19)18(2)3/h4-5,9,11,14H,6-8,10,17H2,1-3H3. The molecule has 2 atom stereocenters. The van der Waals surface area contributed by atoms with Crippen molar-refractivity contribution in [2.75, 3.05) is 32.1 Å². The highest BCUT2D eigenvalue weighted by atomic mass is 19.1. The van der Waals surface area contributed by atoms with Gasteiger partial charge in [-0.2, -0.15) is 0 Å². The van der Waals surface area contributed by atoms with Gasteiger partial charge in [-0.25, -0.2) is 4.39 Å². The van der Waals surface area contributed by atoms with E-state index in [9.17, 15) is 4.39 Å². The summed E-state index contributed by atoms with van der Waals surface area (Å²) in [6.07, 6.45) is 1.87. The molecule has 0 amide bonds. The molecule has 0 bridgehead atoms. The average molecular weight is 265 g/mol. The molecule has 19 heavy (non-hydrogen) atoms. The van der Waals surface area contributed by atoms with Gasteiger partial charge < -0.3 is 15.5 Å². The Bertz CT molecular complexity index is 431. The third-order valence-corrected chi connectivity index (χ3v) is 3.82. The zero-order valence-electron chi connectivity index (χ0n) is 12.1. The Morgan fingerprint density at radius 3 is 2.79 bits per heavy atom. The van der Waals surface area contributed by atoms with Gasteiger partial charge in [0.05, 0.1) is 0 Å². The Morgan fingerprint density at radius 2 is 2.21 bits per heavy atom. The molecule has 0 aromatic heterocycles. The highest BCUT2D eigenvalue weighted by Gasteiger charge is 2.25. The summed E-state index contributed by atoms with van der Waals surface area (Å²) in [5, 5.41) is 0. The van der Waals surface area contributed by atoms with Gasteiger partial charge in [-0.05, 0) is 57.6 Å². The molecule has 1 aromatic carbocycles. The van der Waals surface area contributed by atoms with E-state index in [1.165, 1.54) is 0 Å². The lowest BCUT2D eigenvalue weighted by Crippen LogP contribution is -2.32. The first-order valence-electron chi connectivity index (χ1n) is 6.92. The molecule has 1 aliphatic rings. The van der Waals surface area contributed by atoms with Gasteiger partial charge in [-0.3, -0.25) is 0 Å². The number of hydrogen-bond donors (Lipinski definition) is 1. The molecule has 4 heteroatoms. The first kappa shape index (κ1) is 14.3. The zero-order chi connectivity index (χ0) is 14.0. The second kappa shape index (κ2) is 5.88. The van der Waals surface area contributed by atoms with Gasteiger partial charge >= 0.3 is 0 Å². The van der Waals surface area contributed by atoms with Gasteiger partial charge in [-0.15, -0.1) is 0 Å². The Hall–Kier alpha value is -1.13. The fourth-order valence-corrected chi connectivity index (χ4v) is 2.76. The molecule has 0 spiro atoms. The summed E-state index contributed by atoms with van der Waals surface area (Å²) in [5.41, 5.74) is 8.03. The fraction of sp³-hybridized carbons (Fsp3) is 0.600. The van der Waals surface area contributed by atoms with Crippen LogP contribution >= 0.6 is 0 Å². The van der Waals surface area contributed by atoms with Crippen molar-refractivity contribution < 1.29 is 4.39 Å². The lowest BCUT2D eigenvalue weighted by Gasteiger charge is -2.24. The smallest absolute Gasteiger partial charge is 0.123 e. The minimum absolute atomic E-state index is 0.0489. The summed E-state index contributed by atoms with van der Waals surface area (Å²) in [5.74, 6) is -0.178. The molecule has 1 fully saturated rings. The SMILES string of the molecule is CC(N)Cc1cc(F)ccc1N1CCC(N(C)C)C1. The van der Waals surface area contributed by atoms with E-state index in [2.05, 4.69) is 23.9 Å². The van der Waals surface area contributed by atoms with Crippen molar-refractivity contribution in [1.82, 2.24) is 4.90 Å². The second-order valence-electron chi connectivity index (χ2n) is 5.81. The molecule has 0 aliphatic carbocycles. The molecule has 2 rings (SSSR count). The van der Waals surface area contributed by atoms with Crippen LogP contribution in [-0.4, -0.2) is 44.2 Å². The van der Waals surface area contributed by atoms with E-state index in [0.29, 0.717) is 6.04 Å². The van der Waals surface area contributed by atoms with Crippen LogP contribution in [0, 0.1) is 5.82 Å². The topological polar surface area (TPSA) is 32.5 Å². The number of rotatable bonds is 4. The number of likely N-dealkylation sites (N-methyl/N-ethyl adjacent to an activating group) is 1. The second-order valence-corrected chi connectivity index (χ2v) is 5.81. The molecular formula is C15H24FN3. The maximum atomic E-state index is 13.4. The highest BCUT2D eigenvalue weighted by Crippen LogP contribution is 2.27. The van der Waals surface area contributed by atoms with Crippen LogP contribution in [0.15, 0.2) is 18.2 Å². The summed E-state index contributed by atoms with van der Waals surface area (Å²) < 4.78 is 13.4. The van der Waals surface area contributed by atoms with Crippen LogP contribution in [0.25, 0.3) is 0 Å². The lowest BCUT2D eigenvalue weighted by molar-refractivity contribution is 0.315. The Morgan fingerprint density at radius 1 is 1.47 bits per heavy atom. The number of halogens is 1.